The van der Waals surface area contributed by atoms with Gasteiger partial charge in [-0.2, -0.15) is 9.61 Å². The summed E-state index contributed by atoms with van der Waals surface area (Å²) in [6, 6.07) is 10.3. The first-order valence-electron chi connectivity index (χ1n) is 6.90. The molecule has 2 aromatic heterocycles. The maximum Gasteiger partial charge on any atom is 0.188 e. The Balaban J connectivity index is 1.94. The molecule has 3 aromatic rings. The van der Waals surface area contributed by atoms with Crippen LogP contribution in [0.2, 0.25) is 0 Å². The van der Waals surface area contributed by atoms with Crippen LogP contribution in [0.4, 0.5) is 4.39 Å². The van der Waals surface area contributed by atoms with E-state index in [1.54, 1.807) is 34.5 Å². The van der Waals surface area contributed by atoms with Crippen LogP contribution in [-0.4, -0.2) is 51.1 Å². The van der Waals surface area contributed by atoms with Crippen molar-refractivity contribution in [3.8, 4) is 11.4 Å². The van der Waals surface area contributed by atoms with Gasteiger partial charge >= 0.3 is 0 Å². The minimum absolute atomic E-state index is 0.329. The topological polar surface area (TPSA) is 46.3 Å². The summed E-state index contributed by atoms with van der Waals surface area (Å²) in [6.07, 6.45) is 0. The van der Waals surface area contributed by atoms with Gasteiger partial charge in [-0.1, -0.05) is 12.1 Å². The second-order valence-electron chi connectivity index (χ2n) is 5.10. The normalized spacial score (nSPS) is 11.5. The third-order valence-corrected chi connectivity index (χ3v) is 4.04. The van der Waals surface area contributed by atoms with Crippen LogP contribution in [0.5, 0.6) is 0 Å². The summed E-state index contributed by atoms with van der Waals surface area (Å²) >= 11 is 1.65. The molecule has 0 aliphatic heterocycles. The Hall–Kier alpha value is -1.99. The third kappa shape index (κ3) is 3.10. The average molecular weight is 317 g/mol. The lowest BCUT2D eigenvalue weighted by Gasteiger charge is -2.08. The molecule has 0 unspecified atom stereocenters. The molecule has 0 atom stereocenters. The standard InChI is InChI=1S/C15H16FN5S/c1-20(2)9-10-22-14-8-7-13-17-18-15(21(13)19-14)11-5-3-4-6-12(11)16/h3-8H,9-10H2,1-2H3. The summed E-state index contributed by atoms with van der Waals surface area (Å²) < 4.78 is 15.5. The van der Waals surface area contributed by atoms with Crippen molar-refractivity contribution < 1.29 is 4.39 Å². The number of fused-ring (bicyclic) bond motifs is 1. The molecule has 0 radical (unpaired) electrons. The van der Waals surface area contributed by atoms with E-state index in [9.17, 15) is 4.39 Å². The monoisotopic (exact) mass is 317 g/mol. The molecule has 7 heteroatoms. The van der Waals surface area contributed by atoms with Crippen LogP contribution in [0, 0.1) is 5.82 Å². The number of hydrogen-bond acceptors (Lipinski definition) is 5. The van der Waals surface area contributed by atoms with Crippen LogP contribution in [0.1, 0.15) is 0 Å². The van der Waals surface area contributed by atoms with Crippen molar-refractivity contribution in [2.24, 2.45) is 0 Å². The number of hydrogen-bond donors (Lipinski definition) is 0. The van der Waals surface area contributed by atoms with Crippen molar-refractivity contribution in [3.05, 3.63) is 42.2 Å². The van der Waals surface area contributed by atoms with E-state index in [0.717, 1.165) is 17.3 Å². The molecular formula is C15H16FN5S. The van der Waals surface area contributed by atoms with E-state index in [1.165, 1.54) is 6.07 Å². The number of aromatic nitrogens is 4. The molecule has 0 saturated carbocycles. The molecule has 0 aliphatic rings. The predicted molar refractivity (Wildman–Crippen MR) is 85.5 cm³/mol. The van der Waals surface area contributed by atoms with Gasteiger partial charge in [0.25, 0.3) is 0 Å². The van der Waals surface area contributed by atoms with E-state index in [2.05, 4.69) is 20.2 Å². The zero-order valence-electron chi connectivity index (χ0n) is 12.4. The van der Waals surface area contributed by atoms with Gasteiger partial charge < -0.3 is 4.90 Å². The van der Waals surface area contributed by atoms with Gasteiger partial charge in [-0.15, -0.1) is 22.0 Å². The molecule has 0 amide bonds. The molecule has 0 bridgehead atoms. The van der Waals surface area contributed by atoms with Gasteiger partial charge in [0, 0.05) is 12.3 Å². The number of rotatable bonds is 5. The second-order valence-corrected chi connectivity index (χ2v) is 6.21. The average Bonchev–Trinajstić information content (AvgIpc) is 2.90. The Morgan fingerprint density at radius 3 is 2.73 bits per heavy atom. The molecule has 22 heavy (non-hydrogen) atoms. The van der Waals surface area contributed by atoms with Crippen molar-refractivity contribution in [2.75, 3.05) is 26.4 Å². The van der Waals surface area contributed by atoms with E-state index < -0.39 is 0 Å². The highest BCUT2D eigenvalue weighted by Crippen LogP contribution is 2.22. The lowest BCUT2D eigenvalue weighted by molar-refractivity contribution is 0.437. The number of nitrogens with zero attached hydrogens (tertiary/aromatic N) is 5. The van der Waals surface area contributed by atoms with Crippen molar-refractivity contribution in [3.63, 3.8) is 0 Å². The molecule has 3 rings (SSSR count). The summed E-state index contributed by atoms with van der Waals surface area (Å²) in [5.74, 6) is 1.02. The smallest absolute Gasteiger partial charge is 0.188 e. The van der Waals surface area contributed by atoms with Gasteiger partial charge in [-0.25, -0.2) is 4.39 Å². The minimum Gasteiger partial charge on any atom is -0.309 e. The Kier molecular flexibility index (Phi) is 4.35. The Morgan fingerprint density at radius 1 is 1.14 bits per heavy atom. The lowest BCUT2D eigenvalue weighted by Crippen LogP contribution is -2.14. The molecule has 0 fully saturated rings. The van der Waals surface area contributed by atoms with Crippen LogP contribution in [-0.2, 0) is 0 Å². The fraction of sp³-hybridized carbons (Fsp3) is 0.267. The van der Waals surface area contributed by atoms with Crippen LogP contribution in [0.3, 0.4) is 0 Å². The highest BCUT2D eigenvalue weighted by atomic mass is 32.2. The van der Waals surface area contributed by atoms with Gasteiger partial charge in [0.05, 0.1) is 5.56 Å². The van der Waals surface area contributed by atoms with Gasteiger partial charge in [-0.05, 0) is 38.4 Å². The Morgan fingerprint density at radius 2 is 1.95 bits per heavy atom. The largest absolute Gasteiger partial charge is 0.309 e. The van der Waals surface area contributed by atoms with Gasteiger partial charge in [0.2, 0.25) is 0 Å². The molecule has 1 aromatic carbocycles. The minimum atomic E-state index is -0.329. The van der Waals surface area contributed by atoms with Crippen LogP contribution < -0.4 is 0 Å². The van der Waals surface area contributed by atoms with E-state index in [4.69, 9.17) is 0 Å². The maximum atomic E-state index is 14.0. The zero-order chi connectivity index (χ0) is 15.5. The summed E-state index contributed by atoms with van der Waals surface area (Å²) in [6.45, 7) is 0.965. The summed E-state index contributed by atoms with van der Waals surface area (Å²) in [7, 11) is 4.07. The van der Waals surface area contributed by atoms with Crippen molar-refractivity contribution in [1.82, 2.24) is 24.7 Å². The van der Waals surface area contributed by atoms with E-state index in [-0.39, 0.29) is 5.82 Å². The van der Waals surface area contributed by atoms with Gasteiger partial charge in [0.1, 0.15) is 10.8 Å². The quantitative estimate of drug-likeness (QED) is 0.677. The first-order valence-corrected chi connectivity index (χ1v) is 7.88. The molecule has 0 aliphatic carbocycles. The van der Waals surface area contributed by atoms with Crippen LogP contribution in [0.25, 0.3) is 17.0 Å². The lowest BCUT2D eigenvalue weighted by atomic mass is 10.2. The highest BCUT2D eigenvalue weighted by Gasteiger charge is 2.13. The molecule has 0 N–H and O–H groups in total. The fourth-order valence-corrected chi connectivity index (χ4v) is 2.96. The third-order valence-electron chi connectivity index (χ3n) is 3.14. The molecule has 0 spiro atoms. The van der Waals surface area contributed by atoms with Gasteiger partial charge in [0.15, 0.2) is 11.5 Å². The molecule has 0 saturated heterocycles. The van der Waals surface area contributed by atoms with Crippen LogP contribution in [0.15, 0.2) is 41.4 Å². The van der Waals surface area contributed by atoms with Crippen molar-refractivity contribution >= 4 is 17.4 Å². The predicted octanol–water partition coefficient (Wildman–Crippen LogP) is 2.58. The van der Waals surface area contributed by atoms with E-state index >= 15 is 0 Å². The molecular weight excluding hydrogens is 301 g/mol. The molecule has 5 nitrogen and oxygen atoms in total. The van der Waals surface area contributed by atoms with Crippen LogP contribution >= 0.6 is 11.8 Å². The van der Waals surface area contributed by atoms with Crippen molar-refractivity contribution in [2.45, 2.75) is 5.03 Å². The first kappa shape index (κ1) is 14.9. The Labute approximate surface area is 132 Å². The maximum absolute atomic E-state index is 14.0. The van der Waals surface area contributed by atoms with E-state index in [0.29, 0.717) is 17.0 Å². The molecule has 114 valence electrons. The number of halogens is 1. The summed E-state index contributed by atoms with van der Waals surface area (Å²) in [4.78, 5) is 2.12. The molecule has 2 heterocycles. The Bertz CT molecular complexity index is 786. The first-order chi connectivity index (χ1) is 10.6. The zero-order valence-corrected chi connectivity index (χ0v) is 13.2. The number of thioether (sulfide) groups is 1. The van der Waals surface area contributed by atoms with Gasteiger partial charge in [-0.3, -0.25) is 0 Å². The summed E-state index contributed by atoms with van der Waals surface area (Å²) in [5.41, 5.74) is 1.01. The SMILES string of the molecule is CN(C)CCSc1ccc2nnc(-c3ccccc3F)n2n1. The second kappa shape index (κ2) is 6.41. The number of benzene rings is 1. The van der Waals surface area contributed by atoms with E-state index in [1.807, 2.05) is 26.2 Å². The summed E-state index contributed by atoms with van der Waals surface area (Å²) in [5, 5.41) is 13.5. The highest BCUT2D eigenvalue weighted by molar-refractivity contribution is 7.99. The van der Waals surface area contributed by atoms with Crippen molar-refractivity contribution in [1.29, 1.82) is 0 Å². The fourth-order valence-electron chi connectivity index (χ4n) is 1.99.